The first-order valence-corrected chi connectivity index (χ1v) is 8.00. The van der Waals surface area contributed by atoms with E-state index in [1.807, 2.05) is 11.8 Å². The van der Waals surface area contributed by atoms with E-state index in [2.05, 4.69) is 10.2 Å². The van der Waals surface area contributed by atoms with Gasteiger partial charge < -0.3 is 9.32 Å². The predicted octanol–water partition coefficient (Wildman–Crippen LogP) is 2.92. The zero-order valence-electron chi connectivity index (χ0n) is 13.2. The smallest absolute Gasteiger partial charge is 0.222 e. The van der Waals surface area contributed by atoms with Gasteiger partial charge in [-0.3, -0.25) is 4.79 Å². The predicted molar refractivity (Wildman–Crippen MR) is 82.4 cm³/mol. The van der Waals surface area contributed by atoms with Crippen molar-refractivity contribution in [1.82, 2.24) is 15.1 Å². The van der Waals surface area contributed by atoms with Crippen LogP contribution in [0.3, 0.4) is 0 Å². The second-order valence-electron chi connectivity index (χ2n) is 5.87. The van der Waals surface area contributed by atoms with E-state index in [0.717, 1.165) is 24.9 Å². The standard InChI is InChI=1S/C17H20FN3O2/c1-2-16(22)21-9-3-4-13(11-21)17-20-19-15(23-17)10-12-5-7-14(18)8-6-12/h5-8,13H,2-4,9-11H2,1H3. The highest BCUT2D eigenvalue weighted by Gasteiger charge is 2.27. The van der Waals surface area contributed by atoms with Crippen LogP contribution in [0.15, 0.2) is 28.7 Å². The Morgan fingerprint density at radius 3 is 2.87 bits per heavy atom. The van der Waals surface area contributed by atoms with Crippen LogP contribution in [0.25, 0.3) is 0 Å². The summed E-state index contributed by atoms with van der Waals surface area (Å²) >= 11 is 0. The topological polar surface area (TPSA) is 59.2 Å². The number of carbonyl (C=O) groups excluding carboxylic acids is 1. The Balaban J connectivity index is 1.66. The summed E-state index contributed by atoms with van der Waals surface area (Å²) in [5.74, 6) is 1.12. The molecule has 1 unspecified atom stereocenters. The minimum absolute atomic E-state index is 0.105. The number of piperidine rings is 1. The summed E-state index contributed by atoms with van der Waals surface area (Å²) in [6.45, 7) is 3.32. The summed E-state index contributed by atoms with van der Waals surface area (Å²) in [7, 11) is 0. The normalized spacial score (nSPS) is 18.2. The Morgan fingerprint density at radius 1 is 1.35 bits per heavy atom. The van der Waals surface area contributed by atoms with Crippen molar-refractivity contribution in [2.45, 2.75) is 38.5 Å². The molecule has 0 spiro atoms. The van der Waals surface area contributed by atoms with Crippen LogP contribution < -0.4 is 0 Å². The number of hydrogen-bond donors (Lipinski definition) is 0. The zero-order valence-corrected chi connectivity index (χ0v) is 13.2. The summed E-state index contributed by atoms with van der Waals surface area (Å²) in [5, 5.41) is 8.23. The van der Waals surface area contributed by atoms with E-state index in [1.165, 1.54) is 12.1 Å². The fourth-order valence-corrected chi connectivity index (χ4v) is 2.91. The molecule has 1 amide bonds. The van der Waals surface area contributed by atoms with Gasteiger partial charge >= 0.3 is 0 Å². The molecule has 0 N–H and O–H groups in total. The molecule has 1 aliphatic heterocycles. The van der Waals surface area contributed by atoms with E-state index >= 15 is 0 Å². The number of hydrogen-bond acceptors (Lipinski definition) is 4. The van der Waals surface area contributed by atoms with Crippen LogP contribution in [0.1, 0.15) is 49.4 Å². The molecule has 1 saturated heterocycles. The highest BCUT2D eigenvalue weighted by Crippen LogP contribution is 2.26. The van der Waals surface area contributed by atoms with Gasteiger partial charge in [-0.15, -0.1) is 10.2 Å². The summed E-state index contributed by atoms with van der Waals surface area (Å²) in [6, 6.07) is 6.26. The third kappa shape index (κ3) is 3.75. The molecule has 6 heteroatoms. The van der Waals surface area contributed by atoms with Gasteiger partial charge in [-0.25, -0.2) is 4.39 Å². The minimum atomic E-state index is -0.261. The Bertz CT molecular complexity index is 669. The van der Waals surface area contributed by atoms with Crippen molar-refractivity contribution in [2.75, 3.05) is 13.1 Å². The Hall–Kier alpha value is -2.24. The second kappa shape index (κ2) is 6.89. The monoisotopic (exact) mass is 317 g/mol. The maximum absolute atomic E-state index is 12.9. The maximum Gasteiger partial charge on any atom is 0.222 e. The zero-order chi connectivity index (χ0) is 16.2. The Labute approximate surface area is 134 Å². The van der Waals surface area contributed by atoms with E-state index < -0.39 is 0 Å². The van der Waals surface area contributed by atoms with Crippen molar-refractivity contribution < 1.29 is 13.6 Å². The summed E-state index contributed by atoms with van der Waals surface area (Å²) in [6.07, 6.45) is 2.90. The molecule has 1 aromatic carbocycles. The van der Waals surface area contributed by atoms with Crippen LogP contribution in [0, 0.1) is 5.82 Å². The van der Waals surface area contributed by atoms with Crippen LogP contribution in [0.4, 0.5) is 4.39 Å². The van der Waals surface area contributed by atoms with Gasteiger partial charge in [-0.2, -0.15) is 0 Å². The van der Waals surface area contributed by atoms with Gasteiger partial charge in [0.1, 0.15) is 5.82 Å². The molecule has 23 heavy (non-hydrogen) atoms. The number of nitrogens with zero attached hydrogens (tertiary/aromatic N) is 3. The highest BCUT2D eigenvalue weighted by molar-refractivity contribution is 5.75. The summed E-state index contributed by atoms with van der Waals surface area (Å²) in [4.78, 5) is 13.7. The third-order valence-electron chi connectivity index (χ3n) is 4.18. The lowest BCUT2D eigenvalue weighted by Crippen LogP contribution is -2.38. The van der Waals surface area contributed by atoms with Gasteiger partial charge in [-0.1, -0.05) is 19.1 Å². The number of carbonyl (C=O) groups is 1. The van der Waals surface area contributed by atoms with Gasteiger partial charge in [0.05, 0.1) is 12.3 Å². The third-order valence-corrected chi connectivity index (χ3v) is 4.18. The number of likely N-dealkylation sites (tertiary alicyclic amines) is 1. The van der Waals surface area contributed by atoms with Gasteiger partial charge in [0.2, 0.25) is 17.7 Å². The molecule has 1 aromatic heterocycles. The number of halogens is 1. The molecule has 2 aromatic rings. The average molecular weight is 317 g/mol. The largest absolute Gasteiger partial charge is 0.425 e. The molecule has 0 aliphatic carbocycles. The SMILES string of the molecule is CCC(=O)N1CCCC(c2nnc(Cc3ccc(F)cc3)o2)C1. The van der Waals surface area contributed by atoms with Crippen LogP contribution in [0.2, 0.25) is 0 Å². The van der Waals surface area contributed by atoms with Crippen molar-refractivity contribution >= 4 is 5.91 Å². The first-order chi connectivity index (χ1) is 11.2. The lowest BCUT2D eigenvalue weighted by molar-refractivity contribution is -0.132. The molecule has 0 saturated carbocycles. The van der Waals surface area contributed by atoms with E-state index in [-0.39, 0.29) is 17.6 Å². The van der Waals surface area contributed by atoms with Crippen molar-refractivity contribution in [1.29, 1.82) is 0 Å². The molecule has 5 nitrogen and oxygen atoms in total. The Morgan fingerprint density at radius 2 is 2.13 bits per heavy atom. The fourth-order valence-electron chi connectivity index (χ4n) is 2.91. The van der Waals surface area contributed by atoms with Crippen molar-refractivity contribution in [3.8, 4) is 0 Å². The van der Waals surface area contributed by atoms with Crippen molar-refractivity contribution in [3.63, 3.8) is 0 Å². The molecule has 1 fully saturated rings. The molecule has 0 bridgehead atoms. The molecule has 0 radical (unpaired) electrons. The number of amides is 1. The van der Waals surface area contributed by atoms with E-state index in [0.29, 0.717) is 31.2 Å². The van der Waals surface area contributed by atoms with Crippen LogP contribution in [-0.4, -0.2) is 34.1 Å². The van der Waals surface area contributed by atoms with Crippen molar-refractivity contribution in [2.24, 2.45) is 0 Å². The summed E-state index contributed by atoms with van der Waals surface area (Å²) in [5.41, 5.74) is 0.924. The fraction of sp³-hybridized carbons (Fsp3) is 0.471. The lowest BCUT2D eigenvalue weighted by atomic mass is 9.98. The quantitative estimate of drug-likeness (QED) is 0.870. The number of aromatic nitrogens is 2. The first kappa shape index (κ1) is 15.6. The van der Waals surface area contributed by atoms with Gasteiger partial charge in [0.25, 0.3) is 0 Å². The van der Waals surface area contributed by atoms with E-state index in [4.69, 9.17) is 4.42 Å². The van der Waals surface area contributed by atoms with Crippen molar-refractivity contribution in [3.05, 3.63) is 47.4 Å². The first-order valence-electron chi connectivity index (χ1n) is 8.00. The molecular weight excluding hydrogens is 297 g/mol. The van der Waals surface area contributed by atoms with E-state index in [9.17, 15) is 9.18 Å². The molecule has 3 rings (SSSR count). The molecular formula is C17H20FN3O2. The maximum atomic E-state index is 12.9. The van der Waals surface area contributed by atoms with Crippen LogP contribution in [0.5, 0.6) is 0 Å². The number of rotatable bonds is 4. The Kier molecular flexibility index (Phi) is 4.69. The second-order valence-corrected chi connectivity index (χ2v) is 5.87. The van der Waals surface area contributed by atoms with Crippen LogP contribution >= 0.6 is 0 Å². The average Bonchev–Trinajstić information content (AvgIpc) is 3.05. The van der Waals surface area contributed by atoms with E-state index in [1.54, 1.807) is 12.1 Å². The highest BCUT2D eigenvalue weighted by atomic mass is 19.1. The molecule has 122 valence electrons. The molecule has 1 atom stereocenters. The summed E-state index contributed by atoms with van der Waals surface area (Å²) < 4.78 is 18.7. The molecule has 2 heterocycles. The van der Waals surface area contributed by atoms with Gasteiger partial charge in [0, 0.05) is 19.5 Å². The van der Waals surface area contributed by atoms with Gasteiger partial charge in [-0.05, 0) is 30.5 Å². The lowest BCUT2D eigenvalue weighted by Gasteiger charge is -2.30. The number of benzene rings is 1. The van der Waals surface area contributed by atoms with Crippen LogP contribution in [-0.2, 0) is 11.2 Å². The minimum Gasteiger partial charge on any atom is -0.425 e. The molecule has 1 aliphatic rings. The van der Waals surface area contributed by atoms with Gasteiger partial charge in [0.15, 0.2) is 0 Å².